The predicted octanol–water partition coefficient (Wildman–Crippen LogP) is 5.74. The van der Waals surface area contributed by atoms with E-state index in [1.807, 2.05) is 60.7 Å². The zero-order chi connectivity index (χ0) is 20.0. The zero-order valence-electron chi connectivity index (χ0n) is 16.3. The molecule has 2 nitrogen and oxygen atoms in total. The number of carbonyl (C=O) groups excluding carboxylic acids is 1. The van der Waals surface area contributed by atoms with Gasteiger partial charge >= 0.3 is 5.97 Å². The summed E-state index contributed by atoms with van der Waals surface area (Å²) in [6, 6.07) is 28.2. The molecule has 0 heterocycles. The van der Waals surface area contributed by atoms with Crippen LogP contribution >= 0.6 is 0 Å². The maximum Gasteiger partial charge on any atom is 0.344 e. The molecular formula is C25H23O2S+. The van der Waals surface area contributed by atoms with Crippen LogP contribution in [0.4, 0.5) is 0 Å². The molecule has 0 atom stereocenters. The smallest absolute Gasteiger partial charge is 0.344 e. The number of ether oxygens (including phenoxy) is 1. The lowest BCUT2D eigenvalue weighted by Gasteiger charge is -2.19. The minimum absolute atomic E-state index is 0.354. The van der Waals surface area contributed by atoms with Crippen molar-refractivity contribution in [1.29, 1.82) is 0 Å². The molecule has 0 saturated heterocycles. The van der Waals surface area contributed by atoms with Gasteiger partial charge in [-0.2, -0.15) is 0 Å². The average Bonchev–Trinajstić information content (AvgIpc) is 2.70. The third kappa shape index (κ3) is 4.65. The number of carbonyl (C=O) groups is 1. The summed E-state index contributed by atoms with van der Waals surface area (Å²) in [5, 5.41) is 0. The lowest BCUT2D eigenvalue weighted by atomic mass is 10.1. The lowest BCUT2D eigenvalue weighted by molar-refractivity contribution is 0.0200. The summed E-state index contributed by atoms with van der Waals surface area (Å²) in [6.07, 6.45) is 0. The number of esters is 1. The van der Waals surface area contributed by atoms with E-state index in [1.165, 1.54) is 0 Å². The normalized spacial score (nSPS) is 10.9. The first-order valence-corrected chi connectivity index (χ1v) is 10.3. The first-order chi connectivity index (χ1) is 13.5. The first-order valence-electron chi connectivity index (χ1n) is 9.12. The second-order valence-corrected chi connectivity index (χ2v) is 8.70. The van der Waals surface area contributed by atoms with E-state index in [1.54, 1.807) is 20.8 Å². The summed E-state index contributed by atoms with van der Waals surface area (Å²) in [6.45, 7) is 5.35. The minimum atomic E-state index is -0.836. The highest BCUT2D eigenvalue weighted by Crippen LogP contribution is 2.33. The first kappa shape index (κ1) is 19.8. The monoisotopic (exact) mass is 387 g/mol. The zero-order valence-corrected chi connectivity index (χ0v) is 17.1. The van der Waals surface area contributed by atoms with Crippen LogP contribution in [-0.2, 0) is 15.6 Å². The second kappa shape index (κ2) is 8.82. The molecule has 0 aliphatic carbocycles. The molecule has 0 unspecified atom stereocenters. The Bertz CT molecular complexity index is 959. The van der Waals surface area contributed by atoms with Gasteiger partial charge in [-0.25, -0.2) is 4.79 Å². The minimum Gasteiger partial charge on any atom is -0.443 e. The Kier molecular flexibility index (Phi) is 6.23. The van der Waals surface area contributed by atoms with Crippen LogP contribution in [0.1, 0.15) is 31.1 Å². The molecule has 0 spiro atoms. The van der Waals surface area contributed by atoms with Crippen molar-refractivity contribution in [2.75, 3.05) is 0 Å². The van der Waals surface area contributed by atoms with E-state index in [0.717, 1.165) is 14.7 Å². The number of benzene rings is 3. The highest BCUT2D eigenvalue weighted by Gasteiger charge is 2.34. The van der Waals surface area contributed by atoms with Gasteiger partial charge in [0.1, 0.15) is 16.5 Å². The van der Waals surface area contributed by atoms with Crippen molar-refractivity contribution in [2.45, 2.75) is 41.1 Å². The molecule has 0 aromatic heterocycles. The molecule has 0 amide bonds. The Labute approximate surface area is 169 Å². The molecule has 0 saturated carbocycles. The van der Waals surface area contributed by atoms with Gasteiger partial charge in [0, 0.05) is 0 Å². The van der Waals surface area contributed by atoms with Gasteiger partial charge in [-0.05, 0) is 57.2 Å². The summed E-state index contributed by atoms with van der Waals surface area (Å²) in [5.74, 6) is 5.42. The molecule has 3 heteroatoms. The van der Waals surface area contributed by atoms with Crippen molar-refractivity contribution < 1.29 is 9.53 Å². The largest absolute Gasteiger partial charge is 0.443 e. The van der Waals surface area contributed by atoms with Crippen LogP contribution in [0, 0.1) is 11.8 Å². The topological polar surface area (TPSA) is 26.3 Å². The maximum atomic E-state index is 13.0. The summed E-state index contributed by atoms with van der Waals surface area (Å²) in [4.78, 5) is 16.3. The predicted molar refractivity (Wildman–Crippen MR) is 114 cm³/mol. The van der Waals surface area contributed by atoms with Gasteiger partial charge in [0.05, 0.1) is 0 Å². The fourth-order valence-corrected chi connectivity index (χ4v) is 5.15. The Balaban J connectivity index is 2.10. The SMILES string of the molecule is CC#CC(C)(C)OC(=O)c1ccccc1[S+](c1ccccc1)c1ccccc1. The van der Waals surface area contributed by atoms with E-state index in [-0.39, 0.29) is 5.97 Å². The van der Waals surface area contributed by atoms with Crippen molar-refractivity contribution in [3.63, 3.8) is 0 Å². The highest BCUT2D eigenvalue weighted by atomic mass is 32.2. The van der Waals surface area contributed by atoms with Gasteiger partial charge in [0.15, 0.2) is 20.3 Å². The molecule has 3 rings (SSSR count). The van der Waals surface area contributed by atoms with Crippen LogP contribution in [0.3, 0.4) is 0 Å². The second-order valence-electron chi connectivity index (χ2n) is 6.70. The van der Waals surface area contributed by atoms with Gasteiger partial charge in [-0.3, -0.25) is 0 Å². The molecule has 0 radical (unpaired) electrons. The van der Waals surface area contributed by atoms with Gasteiger partial charge in [0.25, 0.3) is 0 Å². The molecule has 3 aromatic rings. The van der Waals surface area contributed by atoms with Crippen LogP contribution < -0.4 is 0 Å². The molecular weight excluding hydrogens is 364 g/mol. The van der Waals surface area contributed by atoms with Gasteiger partial charge in [-0.1, -0.05) is 54.5 Å². The van der Waals surface area contributed by atoms with Gasteiger partial charge < -0.3 is 4.74 Å². The molecule has 0 aliphatic heterocycles. The Morgan fingerprint density at radius 1 is 0.821 bits per heavy atom. The molecule has 3 aromatic carbocycles. The van der Waals surface area contributed by atoms with Crippen molar-refractivity contribution in [3.8, 4) is 11.8 Å². The van der Waals surface area contributed by atoms with Crippen molar-refractivity contribution in [2.24, 2.45) is 0 Å². The van der Waals surface area contributed by atoms with Crippen molar-refractivity contribution in [1.82, 2.24) is 0 Å². The molecule has 0 N–H and O–H groups in total. The summed E-state index contributed by atoms with van der Waals surface area (Å²) < 4.78 is 5.72. The Hall–Kier alpha value is -2.96. The van der Waals surface area contributed by atoms with Crippen LogP contribution in [0.5, 0.6) is 0 Å². The summed E-state index contributed by atoms with van der Waals surface area (Å²) in [5.41, 5.74) is -0.263. The van der Waals surface area contributed by atoms with E-state index >= 15 is 0 Å². The molecule has 140 valence electrons. The third-order valence-corrected chi connectivity index (χ3v) is 6.34. The van der Waals surface area contributed by atoms with Crippen LogP contribution in [0.25, 0.3) is 0 Å². The number of rotatable bonds is 5. The van der Waals surface area contributed by atoms with E-state index in [0.29, 0.717) is 5.56 Å². The van der Waals surface area contributed by atoms with Crippen molar-refractivity contribution >= 4 is 16.9 Å². The standard InChI is InChI=1S/C25H23O2S/c1-4-19-25(2,3)27-24(26)22-17-11-12-18-23(22)28(20-13-7-5-8-14-20)21-15-9-6-10-16-21/h5-18H,1-3H3/q+1. The van der Waals surface area contributed by atoms with Crippen LogP contribution in [0.15, 0.2) is 99.6 Å². The Morgan fingerprint density at radius 3 is 1.86 bits per heavy atom. The lowest BCUT2D eigenvalue weighted by Crippen LogP contribution is -2.27. The fourth-order valence-electron chi connectivity index (χ4n) is 2.93. The summed E-state index contributed by atoms with van der Waals surface area (Å²) >= 11 is 0. The third-order valence-electron chi connectivity index (χ3n) is 4.06. The quantitative estimate of drug-likeness (QED) is 0.317. The maximum absolute atomic E-state index is 13.0. The number of hydrogen-bond acceptors (Lipinski definition) is 2. The van der Waals surface area contributed by atoms with Crippen LogP contribution in [-0.4, -0.2) is 11.6 Å². The number of hydrogen-bond donors (Lipinski definition) is 0. The van der Waals surface area contributed by atoms with E-state index in [2.05, 4.69) is 36.1 Å². The van der Waals surface area contributed by atoms with Crippen molar-refractivity contribution in [3.05, 3.63) is 90.5 Å². The molecule has 0 bridgehead atoms. The average molecular weight is 388 g/mol. The molecule has 0 fully saturated rings. The van der Waals surface area contributed by atoms with Crippen LogP contribution in [0.2, 0.25) is 0 Å². The Morgan fingerprint density at radius 2 is 1.32 bits per heavy atom. The molecule has 28 heavy (non-hydrogen) atoms. The van der Waals surface area contributed by atoms with Gasteiger partial charge in [0.2, 0.25) is 0 Å². The van der Waals surface area contributed by atoms with E-state index < -0.39 is 16.5 Å². The molecule has 0 aliphatic rings. The van der Waals surface area contributed by atoms with E-state index in [9.17, 15) is 4.79 Å². The van der Waals surface area contributed by atoms with E-state index in [4.69, 9.17) is 4.74 Å². The van der Waals surface area contributed by atoms with Gasteiger partial charge in [-0.15, -0.1) is 5.92 Å². The highest BCUT2D eigenvalue weighted by molar-refractivity contribution is 7.97. The fraction of sp³-hybridized carbons (Fsp3) is 0.160. The summed E-state index contributed by atoms with van der Waals surface area (Å²) in [7, 11) is -0.416.